The molecule has 0 aliphatic carbocycles. The van der Waals surface area contributed by atoms with Crippen LogP contribution in [0.1, 0.15) is 15.9 Å². The quantitative estimate of drug-likeness (QED) is 0.592. The number of nitrogens with zero attached hydrogens (tertiary/aromatic N) is 2. The van der Waals surface area contributed by atoms with Gasteiger partial charge in [-0.3, -0.25) is 0 Å². The van der Waals surface area contributed by atoms with Crippen LogP contribution in [0.3, 0.4) is 0 Å². The van der Waals surface area contributed by atoms with Gasteiger partial charge in [0.1, 0.15) is 0 Å². The summed E-state index contributed by atoms with van der Waals surface area (Å²) in [5, 5.41) is 12.1. The minimum Gasteiger partial charge on any atom is -0.478 e. The van der Waals surface area contributed by atoms with Crippen molar-refractivity contribution in [2.24, 2.45) is 0 Å². The first-order valence-corrected chi connectivity index (χ1v) is 7.64. The third-order valence-electron chi connectivity index (χ3n) is 3.67. The molecular weight excluding hydrogens is 361 g/mol. The number of nitrogens with one attached hydrogen (secondary N) is 1. The van der Waals surface area contributed by atoms with E-state index in [1.807, 2.05) is 0 Å². The number of nitrogens with two attached hydrogens (primary N) is 1. The van der Waals surface area contributed by atoms with E-state index >= 15 is 0 Å². The van der Waals surface area contributed by atoms with E-state index in [2.05, 4.69) is 15.3 Å². The summed E-state index contributed by atoms with van der Waals surface area (Å²) in [6.07, 6.45) is -3.01. The van der Waals surface area contributed by atoms with Crippen molar-refractivity contribution in [2.45, 2.75) is 6.18 Å². The van der Waals surface area contributed by atoms with Gasteiger partial charge in [0.15, 0.2) is 0 Å². The van der Waals surface area contributed by atoms with Crippen molar-refractivity contribution >= 4 is 23.3 Å². The first-order valence-electron chi connectivity index (χ1n) is 7.64. The molecule has 6 nitrogen and oxygen atoms in total. The number of hydrogen-bond donors (Lipinski definition) is 3. The van der Waals surface area contributed by atoms with Gasteiger partial charge in [-0.25, -0.2) is 14.8 Å². The highest BCUT2D eigenvalue weighted by molar-refractivity contribution is 5.96. The number of carbonyl (C=O) groups is 1. The van der Waals surface area contributed by atoms with Crippen LogP contribution in [0, 0.1) is 0 Å². The van der Waals surface area contributed by atoms with E-state index in [1.54, 1.807) is 0 Å². The van der Waals surface area contributed by atoms with Crippen LogP contribution in [0.25, 0.3) is 11.3 Å². The number of aromatic nitrogens is 2. The molecule has 0 aliphatic heterocycles. The molecule has 2 aromatic carbocycles. The minimum absolute atomic E-state index is 0.0170. The number of halogens is 3. The molecule has 0 radical (unpaired) electrons. The van der Waals surface area contributed by atoms with Gasteiger partial charge in [-0.2, -0.15) is 13.2 Å². The molecule has 0 unspecified atom stereocenters. The standard InChI is InChI=1S/C18H13F3N4O2/c19-18(20,21)10-1-4-12(5-2-10)24-17-23-8-7-15(25-17)14-9-11(22)3-6-13(14)16(26)27/h1-9H,22H2,(H,26,27)(H,23,24,25). The fourth-order valence-electron chi connectivity index (χ4n) is 2.40. The number of benzene rings is 2. The van der Waals surface area contributed by atoms with Crippen LogP contribution < -0.4 is 11.1 Å². The first-order chi connectivity index (χ1) is 12.7. The lowest BCUT2D eigenvalue weighted by molar-refractivity contribution is -0.137. The van der Waals surface area contributed by atoms with Crippen molar-refractivity contribution in [3.8, 4) is 11.3 Å². The topological polar surface area (TPSA) is 101 Å². The molecule has 9 heteroatoms. The van der Waals surface area contributed by atoms with Crippen molar-refractivity contribution in [1.82, 2.24) is 9.97 Å². The number of carboxylic acids is 1. The van der Waals surface area contributed by atoms with E-state index in [0.29, 0.717) is 22.6 Å². The molecule has 3 rings (SSSR count). The molecule has 138 valence electrons. The predicted molar refractivity (Wildman–Crippen MR) is 93.6 cm³/mol. The Hall–Kier alpha value is -3.62. The number of carboxylic acid groups (broad SMARTS) is 1. The summed E-state index contributed by atoms with van der Waals surface area (Å²) in [5.74, 6) is -1.04. The number of alkyl halides is 3. The van der Waals surface area contributed by atoms with E-state index in [-0.39, 0.29) is 11.5 Å². The van der Waals surface area contributed by atoms with Gasteiger partial charge in [-0.05, 0) is 48.5 Å². The van der Waals surface area contributed by atoms with E-state index in [1.165, 1.54) is 42.6 Å². The van der Waals surface area contributed by atoms with E-state index in [4.69, 9.17) is 5.73 Å². The maximum Gasteiger partial charge on any atom is 0.416 e. The van der Waals surface area contributed by atoms with Gasteiger partial charge in [-0.15, -0.1) is 0 Å². The third kappa shape index (κ3) is 4.14. The van der Waals surface area contributed by atoms with Crippen LogP contribution in [0.15, 0.2) is 54.7 Å². The second kappa shape index (κ2) is 6.94. The molecule has 0 spiro atoms. The third-order valence-corrected chi connectivity index (χ3v) is 3.67. The summed E-state index contributed by atoms with van der Waals surface area (Å²) < 4.78 is 37.9. The Kier molecular flexibility index (Phi) is 4.68. The highest BCUT2D eigenvalue weighted by atomic mass is 19.4. The number of aromatic carboxylic acids is 1. The van der Waals surface area contributed by atoms with Gasteiger partial charge < -0.3 is 16.2 Å². The molecule has 0 atom stereocenters. The molecule has 27 heavy (non-hydrogen) atoms. The summed E-state index contributed by atoms with van der Waals surface area (Å²) in [4.78, 5) is 19.6. The summed E-state index contributed by atoms with van der Waals surface area (Å²) >= 11 is 0. The molecule has 0 saturated heterocycles. The van der Waals surface area contributed by atoms with Crippen molar-refractivity contribution in [3.05, 3.63) is 65.9 Å². The van der Waals surface area contributed by atoms with E-state index in [9.17, 15) is 23.1 Å². The molecule has 0 amide bonds. The fraction of sp³-hybridized carbons (Fsp3) is 0.0556. The Morgan fingerprint density at radius 3 is 2.41 bits per heavy atom. The van der Waals surface area contributed by atoms with Crippen LogP contribution in [-0.4, -0.2) is 21.0 Å². The molecule has 1 aromatic heterocycles. The van der Waals surface area contributed by atoms with E-state index in [0.717, 1.165) is 12.1 Å². The molecule has 1 heterocycles. The average molecular weight is 374 g/mol. The maximum atomic E-state index is 12.6. The summed E-state index contributed by atoms with van der Waals surface area (Å²) in [6.45, 7) is 0. The van der Waals surface area contributed by atoms with Gasteiger partial charge >= 0.3 is 12.1 Å². The molecule has 0 fully saturated rings. The van der Waals surface area contributed by atoms with Crippen LogP contribution in [0.5, 0.6) is 0 Å². The zero-order valence-electron chi connectivity index (χ0n) is 13.7. The second-order valence-corrected chi connectivity index (χ2v) is 5.58. The Morgan fingerprint density at radius 2 is 1.78 bits per heavy atom. The molecule has 4 N–H and O–H groups in total. The zero-order chi connectivity index (χ0) is 19.6. The first kappa shape index (κ1) is 18.2. The van der Waals surface area contributed by atoms with Crippen molar-refractivity contribution < 1.29 is 23.1 Å². The Balaban J connectivity index is 1.91. The maximum absolute atomic E-state index is 12.6. The SMILES string of the molecule is Nc1ccc(C(=O)O)c(-c2ccnc(Nc3ccc(C(F)(F)F)cc3)n2)c1. The largest absolute Gasteiger partial charge is 0.478 e. The van der Waals surface area contributed by atoms with E-state index < -0.39 is 17.7 Å². The van der Waals surface area contributed by atoms with Crippen molar-refractivity contribution in [1.29, 1.82) is 0 Å². The lowest BCUT2D eigenvalue weighted by atomic mass is 10.0. The molecule has 0 saturated carbocycles. The highest BCUT2D eigenvalue weighted by Gasteiger charge is 2.29. The van der Waals surface area contributed by atoms with Gasteiger partial charge in [0.25, 0.3) is 0 Å². The average Bonchev–Trinajstić information content (AvgIpc) is 2.61. The summed E-state index contributed by atoms with van der Waals surface area (Å²) in [6, 6.07) is 10.2. The monoisotopic (exact) mass is 374 g/mol. The number of hydrogen-bond acceptors (Lipinski definition) is 5. The highest BCUT2D eigenvalue weighted by Crippen LogP contribution is 2.30. The summed E-state index contributed by atoms with van der Waals surface area (Å²) in [5.41, 5.74) is 6.31. The lowest BCUT2D eigenvalue weighted by Gasteiger charge is -2.10. The Labute approximate surface area is 151 Å². The van der Waals surface area contributed by atoms with Gasteiger partial charge in [0, 0.05) is 23.1 Å². The zero-order valence-corrected chi connectivity index (χ0v) is 13.7. The Bertz CT molecular complexity index is 989. The normalized spacial score (nSPS) is 11.2. The van der Waals surface area contributed by atoms with Gasteiger partial charge in [-0.1, -0.05) is 0 Å². The van der Waals surface area contributed by atoms with Gasteiger partial charge in [0.2, 0.25) is 5.95 Å². The van der Waals surface area contributed by atoms with Crippen LogP contribution in [0.4, 0.5) is 30.5 Å². The number of nitrogen functional groups attached to an aromatic ring is 1. The molecule has 0 bridgehead atoms. The summed E-state index contributed by atoms with van der Waals surface area (Å²) in [7, 11) is 0. The van der Waals surface area contributed by atoms with Crippen molar-refractivity contribution in [2.75, 3.05) is 11.1 Å². The lowest BCUT2D eigenvalue weighted by Crippen LogP contribution is -2.05. The van der Waals surface area contributed by atoms with Crippen LogP contribution in [0.2, 0.25) is 0 Å². The fourth-order valence-corrected chi connectivity index (χ4v) is 2.40. The van der Waals surface area contributed by atoms with Gasteiger partial charge in [0.05, 0.1) is 16.8 Å². The molecule has 0 aliphatic rings. The van der Waals surface area contributed by atoms with Crippen molar-refractivity contribution in [3.63, 3.8) is 0 Å². The Morgan fingerprint density at radius 1 is 1.07 bits per heavy atom. The molecular formula is C18H13F3N4O2. The number of rotatable bonds is 4. The smallest absolute Gasteiger partial charge is 0.416 e. The van der Waals surface area contributed by atoms with Crippen LogP contribution in [-0.2, 0) is 6.18 Å². The predicted octanol–water partition coefficient (Wildman–Crippen LogP) is 4.19. The second-order valence-electron chi connectivity index (χ2n) is 5.58. The number of anilines is 3. The van der Waals surface area contributed by atoms with Crippen LogP contribution >= 0.6 is 0 Å². The molecule has 3 aromatic rings. The minimum atomic E-state index is -4.42.